The van der Waals surface area contributed by atoms with E-state index in [2.05, 4.69) is 4.90 Å². The number of hydrogen-bond donors (Lipinski definition) is 1. The van der Waals surface area contributed by atoms with Gasteiger partial charge in [0.15, 0.2) is 5.76 Å². The summed E-state index contributed by atoms with van der Waals surface area (Å²) in [7, 11) is -0.413. The molecule has 4 rings (SSSR count). The number of likely N-dealkylation sites (N-methyl/N-ethyl adjacent to an activating group) is 1. The minimum absolute atomic E-state index is 0.0355. The van der Waals surface area contributed by atoms with Gasteiger partial charge in [-0.15, -0.1) is 0 Å². The van der Waals surface area contributed by atoms with Crippen LogP contribution in [0.25, 0.3) is 0 Å². The maximum atomic E-state index is 13.6. The van der Waals surface area contributed by atoms with Gasteiger partial charge in [0.25, 0.3) is 5.91 Å². The Morgan fingerprint density at radius 1 is 1.07 bits per heavy atom. The highest BCUT2D eigenvalue weighted by molar-refractivity contribution is 7.89. The van der Waals surface area contributed by atoms with E-state index in [1.807, 2.05) is 7.05 Å². The Bertz CT molecular complexity index is 1260. The van der Waals surface area contributed by atoms with Crippen LogP contribution in [0, 0.1) is 5.82 Å². The quantitative estimate of drug-likeness (QED) is 0.432. The molecule has 0 unspecified atom stereocenters. The first-order chi connectivity index (χ1) is 19.2. The number of nitrogens with zero attached hydrogens (tertiary/aromatic N) is 3. The van der Waals surface area contributed by atoms with Crippen LogP contribution >= 0.6 is 0 Å². The minimum atomic E-state index is -3.91. The summed E-state index contributed by atoms with van der Waals surface area (Å²) in [5.74, 6) is -0.174. The van der Waals surface area contributed by atoms with Gasteiger partial charge in [-0.1, -0.05) is 12.1 Å². The van der Waals surface area contributed by atoms with Gasteiger partial charge < -0.3 is 29.1 Å². The maximum Gasteiger partial charge on any atom is 0.288 e. The van der Waals surface area contributed by atoms with E-state index in [9.17, 15) is 22.7 Å². The van der Waals surface area contributed by atoms with Crippen LogP contribution in [0.4, 0.5) is 4.39 Å². The molecule has 12 heteroatoms. The molecular weight excluding hydrogens is 541 g/mol. The van der Waals surface area contributed by atoms with Gasteiger partial charge in [-0.05, 0) is 55.1 Å². The Morgan fingerprint density at radius 2 is 1.75 bits per heavy atom. The SMILES string of the molecule is COc1ccc(S(=O)(=O)N(CCO)CCO[C@@H]2C[C@H](c3ccc(F)cc3)C=C(C(=O)N3CCN(C)CC3)O2)cc1. The van der Waals surface area contributed by atoms with E-state index in [4.69, 9.17) is 14.2 Å². The fourth-order valence-corrected chi connectivity index (χ4v) is 6.08. The summed E-state index contributed by atoms with van der Waals surface area (Å²) in [6.45, 7) is 2.09. The molecule has 2 aliphatic heterocycles. The summed E-state index contributed by atoms with van der Waals surface area (Å²) in [4.78, 5) is 17.3. The number of aliphatic hydroxyl groups excluding tert-OH is 1. The summed E-state index contributed by atoms with van der Waals surface area (Å²) in [6.07, 6.45) is 1.28. The minimum Gasteiger partial charge on any atom is -0.497 e. The van der Waals surface area contributed by atoms with Crippen molar-refractivity contribution in [2.24, 2.45) is 0 Å². The lowest BCUT2D eigenvalue weighted by molar-refractivity contribution is -0.153. The van der Waals surface area contributed by atoms with Crippen LogP contribution in [-0.2, 0) is 24.3 Å². The van der Waals surface area contributed by atoms with E-state index in [1.54, 1.807) is 35.2 Å². The first-order valence-electron chi connectivity index (χ1n) is 13.2. The number of ether oxygens (including phenoxy) is 3. The molecule has 218 valence electrons. The van der Waals surface area contributed by atoms with Crippen molar-refractivity contribution >= 4 is 15.9 Å². The number of benzene rings is 2. The molecule has 2 aromatic carbocycles. The van der Waals surface area contributed by atoms with Crippen molar-refractivity contribution in [2.45, 2.75) is 23.5 Å². The molecule has 2 aliphatic rings. The molecule has 0 saturated carbocycles. The van der Waals surface area contributed by atoms with Crippen LogP contribution in [0.15, 0.2) is 65.3 Å². The third-order valence-electron chi connectivity index (χ3n) is 7.05. The Hall–Kier alpha value is -3.03. The molecule has 2 atom stereocenters. The Kier molecular flexibility index (Phi) is 10.1. The van der Waals surface area contributed by atoms with Crippen molar-refractivity contribution in [3.63, 3.8) is 0 Å². The molecule has 1 amide bonds. The number of allylic oxidation sites excluding steroid dienone is 1. The molecular formula is C28H36FN3O7S. The average Bonchev–Trinajstić information content (AvgIpc) is 2.97. The fourth-order valence-electron chi connectivity index (χ4n) is 4.66. The number of carbonyl (C=O) groups excluding carboxylic acids is 1. The number of halogens is 1. The van der Waals surface area contributed by atoms with E-state index >= 15 is 0 Å². The van der Waals surface area contributed by atoms with Gasteiger partial charge in [0.2, 0.25) is 16.3 Å². The highest BCUT2D eigenvalue weighted by Gasteiger charge is 2.32. The summed E-state index contributed by atoms with van der Waals surface area (Å²) < 4.78 is 58.1. The second-order valence-electron chi connectivity index (χ2n) is 9.74. The van der Waals surface area contributed by atoms with Gasteiger partial charge in [-0.2, -0.15) is 4.31 Å². The Balaban J connectivity index is 1.46. The predicted octanol–water partition coefficient (Wildman–Crippen LogP) is 2.02. The zero-order valence-corrected chi connectivity index (χ0v) is 23.6. The lowest BCUT2D eigenvalue weighted by Crippen LogP contribution is -2.48. The van der Waals surface area contributed by atoms with Gasteiger partial charge in [0.1, 0.15) is 11.6 Å². The van der Waals surface area contributed by atoms with Crippen LogP contribution in [0.2, 0.25) is 0 Å². The summed E-state index contributed by atoms with van der Waals surface area (Å²) >= 11 is 0. The summed E-state index contributed by atoms with van der Waals surface area (Å²) in [6, 6.07) is 12.1. The normalized spacial score (nSPS) is 20.2. The molecule has 0 radical (unpaired) electrons. The maximum absolute atomic E-state index is 13.6. The van der Waals surface area contributed by atoms with Gasteiger partial charge in [0.05, 0.1) is 25.2 Å². The monoisotopic (exact) mass is 577 g/mol. The van der Waals surface area contributed by atoms with Gasteiger partial charge in [-0.3, -0.25) is 4.79 Å². The molecule has 10 nitrogen and oxygen atoms in total. The van der Waals surface area contributed by atoms with E-state index in [0.717, 1.165) is 23.0 Å². The van der Waals surface area contributed by atoms with Gasteiger partial charge in [-0.25, -0.2) is 12.8 Å². The first kappa shape index (κ1) is 29.9. The molecule has 1 saturated heterocycles. The highest BCUT2D eigenvalue weighted by atomic mass is 32.2. The Morgan fingerprint density at radius 3 is 2.38 bits per heavy atom. The van der Waals surface area contributed by atoms with Crippen LogP contribution in [0.3, 0.4) is 0 Å². The molecule has 1 fully saturated rings. The molecule has 2 heterocycles. The first-order valence-corrected chi connectivity index (χ1v) is 14.6. The molecule has 1 N–H and O–H groups in total. The van der Waals surface area contributed by atoms with Crippen LogP contribution in [-0.4, -0.2) is 106 Å². The summed E-state index contributed by atoms with van der Waals surface area (Å²) in [5, 5.41) is 9.52. The van der Waals surface area contributed by atoms with Crippen LogP contribution in [0.1, 0.15) is 17.9 Å². The third kappa shape index (κ3) is 7.38. The second kappa shape index (κ2) is 13.6. The van der Waals surface area contributed by atoms with Gasteiger partial charge in [0, 0.05) is 51.6 Å². The molecule has 2 aromatic rings. The zero-order chi connectivity index (χ0) is 28.7. The van der Waals surface area contributed by atoms with Crippen molar-refractivity contribution in [2.75, 3.05) is 66.6 Å². The number of piperazine rings is 1. The smallest absolute Gasteiger partial charge is 0.288 e. The number of hydrogen-bond acceptors (Lipinski definition) is 8. The van der Waals surface area contributed by atoms with Crippen LogP contribution < -0.4 is 4.74 Å². The molecule has 0 bridgehead atoms. The number of amides is 1. The zero-order valence-electron chi connectivity index (χ0n) is 22.7. The number of rotatable bonds is 11. The lowest BCUT2D eigenvalue weighted by Gasteiger charge is -2.35. The van der Waals surface area contributed by atoms with Crippen molar-refractivity contribution < 1.29 is 36.9 Å². The third-order valence-corrected chi connectivity index (χ3v) is 8.96. The molecule has 0 aromatic heterocycles. The number of carbonyl (C=O) groups is 1. The standard InChI is InChI=1S/C28H36FN3O7S/c1-30-11-13-31(14-12-30)28(34)26-19-22(21-3-5-23(29)6-4-21)20-27(39-26)38-18-16-32(15-17-33)40(35,36)25-9-7-24(37-2)8-10-25/h3-10,19,22,27,33H,11-18,20H2,1-2H3/t22-,27+/m1/s1. The molecule has 0 spiro atoms. The molecule has 0 aliphatic carbocycles. The van der Waals surface area contributed by atoms with E-state index in [0.29, 0.717) is 25.3 Å². The Labute approximate surface area is 234 Å². The van der Waals surface area contributed by atoms with E-state index in [-0.39, 0.29) is 54.6 Å². The predicted molar refractivity (Wildman–Crippen MR) is 146 cm³/mol. The topological polar surface area (TPSA) is 109 Å². The average molecular weight is 578 g/mol. The van der Waals surface area contributed by atoms with Crippen molar-refractivity contribution in [1.29, 1.82) is 0 Å². The van der Waals surface area contributed by atoms with E-state index < -0.39 is 16.3 Å². The number of methoxy groups -OCH3 is 1. The second-order valence-corrected chi connectivity index (χ2v) is 11.7. The lowest BCUT2D eigenvalue weighted by atomic mass is 9.93. The molecule has 40 heavy (non-hydrogen) atoms. The van der Waals surface area contributed by atoms with Crippen LogP contribution in [0.5, 0.6) is 5.75 Å². The van der Waals surface area contributed by atoms with Crippen molar-refractivity contribution in [1.82, 2.24) is 14.1 Å². The number of aliphatic hydroxyl groups is 1. The van der Waals surface area contributed by atoms with Crippen molar-refractivity contribution in [3.8, 4) is 5.75 Å². The van der Waals surface area contributed by atoms with E-state index in [1.165, 1.54) is 31.4 Å². The fraction of sp³-hybridized carbons (Fsp3) is 0.464. The highest BCUT2D eigenvalue weighted by Crippen LogP contribution is 2.32. The van der Waals surface area contributed by atoms with Gasteiger partial charge >= 0.3 is 0 Å². The number of sulfonamides is 1. The summed E-state index contributed by atoms with van der Waals surface area (Å²) in [5.41, 5.74) is 0.811. The largest absolute Gasteiger partial charge is 0.497 e. The van der Waals surface area contributed by atoms with Crippen molar-refractivity contribution in [3.05, 3.63) is 71.7 Å².